The van der Waals surface area contributed by atoms with Gasteiger partial charge in [0.15, 0.2) is 5.15 Å². The van der Waals surface area contributed by atoms with E-state index in [2.05, 4.69) is 15.1 Å². The Bertz CT molecular complexity index is 346. The molecule has 1 aromatic heterocycles. The average molecular weight is 242 g/mol. The summed E-state index contributed by atoms with van der Waals surface area (Å²) < 4.78 is 5.65. The van der Waals surface area contributed by atoms with Crippen LogP contribution in [-0.2, 0) is 4.74 Å². The van der Waals surface area contributed by atoms with Gasteiger partial charge in [-0.2, -0.15) is 5.10 Å². The van der Waals surface area contributed by atoms with E-state index in [1.165, 1.54) is 0 Å². The van der Waals surface area contributed by atoms with Crippen molar-refractivity contribution < 1.29 is 4.74 Å². The molecule has 0 N–H and O–H groups in total. The minimum Gasteiger partial charge on any atom is -0.377 e. The van der Waals surface area contributed by atoms with E-state index >= 15 is 0 Å². The number of rotatable bonds is 3. The lowest BCUT2D eigenvalue weighted by atomic mass is 10.1. The molecule has 0 radical (unpaired) electrons. The van der Waals surface area contributed by atoms with Crippen LogP contribution in [0.5, 0.6) is 0 Å². The molecule has 1 aliphatic heterocycles. The molecule has 4 nitrogen and oxygen atoms in total. The first-order chi connectivity index (χ1) is 7.79. The quantitative estimate of drug-likeness (QED) is 0.813. The van der Waals surface area contributed by atoms with Crippen molar-refractivity contribution in [2.45, 2.75) is 25.9 Å². The van der Waals surface area contributed by atoms with E-state index in [4.69, 9.17) is 16.3 Å². The molecule has 2 rings (SSSR count). The molecule has 1 unspecified atom stereocenters. The monoisotopic (exact) mass is 241 g/mol. The molecule has 1 saturated heterocycles. The summed E-state index contributed by atoms with van der Waals surface area (Å²) in [5.41, 5.74) is 1.03. The van der Waals surface area contributed by atoms with Gasteiger partial charge in [-0.3, -0.25) is 0 Å². The van der Waals surface area contributed by atoms with E-state index < -0.39 is 0 Å². The summed E-state index contributed by atoms with van der Waals surface area (Å²) in [4.78, 5) is 2.25. The number of anilines is 1. The molecule has 1 atom stereocenters. The lowest BCUT2D eigenvalue weighted by molar-refractivity contribution is 0.0526. The van der Waals surface area contributed by atoms with Crippen molar-refractivity contribution in [2.24, 2.45) is 0 Å². The highest BCUT2D eigenvalue weighted by atomic mass is 35.5. The highest BCUT2D eigenvalue weighted by Crippen LogP contribution is 2.21. The summed E-state index contributed by atoms with van der Waals surface area (Å²) in [5, 5.41) is 8.05. The summed E-state index contributed by atoms with van der Waals surface area (Å²) in [6, 6.07) is 1.85. The van der Waals surface area contributed by atoms with Crippen LogP contribution in [0.2, 0.25) is 5.15 Å². The molecule has 16 heavy (non-hydrogen) atoms. The van der Waals surface area contributed by atoms with Crippen LogP contribution >= 0.6 is 11.6 Å². The average Bonchev–Trinajstić information content (AvgIpc) is 2.30. The van der Waals surface area contributed by atoms with Gasteiger partial charge in [-0.15, -0.1) is 5.10 Å². The van der Waals surface area contributed by atoms with E-state index in [-0.39, 0.29) is 0 Å². The maximum atomic E-state index is 5.83. The molecule has 0 bridgehead atoms. The summed E-state index contributed by atoms with van der Waals surface area (Å²) in [7, 11) is 0. The van der Waals surface area contributed by atoms with Crippen LogP contribution < -0.4 is 4.90 Å². The minimum absolute atomic E-state index is 0.325. The number of hydrogen-bond donors (Lipinski definition) is 0. The summed E-state index contributed by atoms with van der Waals surface area (Å²) in [5.74, 6) is 0. The van der Waals surface area contributed by atoms with Crippen molar-refractivity contribution in [3.05, 3.63) is 17.4 Å². The minimum atomic E-state index is 0.325. The number of nitrogens with zero attached hydrogens (tertiary/aromatic N) is 3. The van der Waals surface area contributed by atoms with Crippen LogP contribution in [0.4, 0.5) is 5.69 Å². The zero-order valence-corrected chi connectivity index (χ0v) is 10.2. The zero-order valence-electron chi connectivity index (χ0n) is 9.40. The van der Waals surface area contributed by atoms with Crippen LogP contribution in [0.25, 0.3) is 0 Å². The highest BCUT2D eigenvalue weighted by molar-refractivity contribution is 6.29. The summed E-state index contributed by atoms with van der Waals surface area (Å²) in [6.07, 6.45) is 4.35. The third-order valence-electron chi connectivity index (χ3n) is 2.76. The van der Waals surface area contributed by atoms with Crippen molar-refractivity contribution in [1.82, 2.24) is 10.2 Å². The van der Waals surface area contributed by atoms with Crippen molar-refractivity contribution >= 4 is 17.3 Å². The van der Waals surface area contributed by atoms with Gasteiger partial charge in [-0.25, -0.2) is 0 Å². The van der Waals surface area contributed by atoms with E-state index in [9.17, 15) is 0 Å². The number of aromatic nitrogens is 2. The molecule has 0 aromatic carbocycles. The molecule has 88 valence electrons. The van der Waals surface area contributed by atoms with Crippen molar-refractivity contribution in [2.75, 3.05) is 24.6 Å². The Morgan fingerprint density at radius 3 is 3.25 bits per heavy atom. The van der Waals surface area contributed by atoms with E-state index in [0.717, 1.165) is 38.2 Å². The summed E-state index contributed by atoms with van der Waals surface area (Å²) >= 11 is 5.83. The third-order valence-corrected chi connectivity index (χ3v) is 2.94. The van der Waals surface area contributed by atoms with Crippen molar-refractivity contribution in [1.29, 1.82) is 0 Å². The van der Waals surface area contributed by atoms with E-state index in [1.807, 2.05) is 13.0 Å². The van der Waals surface area contributed by atoms with Gasteiger partial charge < -0.3 is 9.64 Å². The highest BCUT2D eigenvalue weighted by Gasteiger charge is 2.20. The predicted molar refractivity (Wildman–Crippen MR) is 63.9 cm³/mol. The van der Waals surface area contributed by atoms with E-state index in [0.29, 0.717) is 11.3 Å². The standard InChI is InChI=1S/C11H16ClN3O/c1-2-16-10-4-3-5-15(8-10)9-6-11(12)14-13-7-9/h6-7,10H,2-5,8H2,1H3. The van der Waals surface area contributed by atoms with Crippen LogP contribution in [0.15, 0.2) is 12.3 Å². The molecule has 0 spiro atoms. The zero-order chi connectivity index (χ0) is 11.4. The largest absolute Gasteiger partial charge is 0.377 e. The Kier molecular flexibility index (Phi) is 3.96. The van der Waals surface area contributed by atoms with Gasteiger partial charge in [0, 0.05) is 25.8 Å². The number of hydrogen-bond acceptors (Lipinski definition) is 4. The van der Waals surface area contributed by atoms with Gasteiger partial charge >= 0.3 is 0 Å². The lowest BCUT2D eigenvalue weighted by Crippen LogP contribution is -2.39. The smallest absolute Gasteiger partial charge is 0.153 e. The van der Waals surface area contributed by atoms with Crippen LogP contribution in [0.1, 0.15) is 19.8 Å². The molecule has 1 aliphatic rings. The van der Waals surface area contributed by atoms with Gasteiger partial charge in [0.1, 0.15) is 0 Å². The molecule has 5 heteroatoms. The molecule has 2 heterocycles. The molecule has 0 saturated carbocycles. The number of piperidine rings is 1. The first-order valence-electron chi connectivity index (χ1n) is 5.64. The van der Waals surface area contributed by atoms with E-state index in [1.54, 1.807) is 6.20 Å². The lowest BCUT2D eigenvalue weighted by Gasteiger charge is -2.33. The first-order valence-corrected chi connectivity index (χ1v) is 6.02. The topological polar surface area (TPSA) is 38.2 Å². The second-order valence-corrected chi connectivity index (χ2v) is 4.29. The normalized spacial score (nSPS) is 21.1. The second-order valence-electron chi connectivity index (χ2n) is 3.90. The van der Waals surface area contributed by atoms with Crippen molar-refractivity contribution in [3.63, 3.8) is 0 Å². The predicted octanol–water partition coefficient (Wildman–Crippen LogP) is 2.14. The molecular formula is C11H16ClN3O. The Labute approximate surface area is 101 Å². The maximum Gasteiger partial charge on any atom is 0.153 e. The fourth-order valence-electron chi connectivity index (χ4n) is 2.05. The molecule has 1 aromatic rings. The fraction of sp³-hybridized carbons (Fsp3) is 0.636. The van der Waals surface area contributed by atoms with Gasteiger partial charge in [0.25, 0.3) is 0 Å². The van der Waals surface area contributed by atoms with Crippen LogP contribution in [0, 0.1) is 0 Å². The Morgan fingerprint density at radius 2 is 2.50 bits per heavy atom. The second kappa shape index (κ2) is 5.46. The Balaban J connectivity index is 2.03. The molecule has 1 fully saturated rings. The van der Waals surface area contributed by atoms with Gasteiger partial charge in [-0.05, 0) is 19.8 Å². The molecule has 0 amide bonds. The molecular weight excluding hydrogens is 226 g/mol. The Morgan fingerprint density at radius 1 is 1.62 bits per heavy atom. The SMILES string of the molecule is CCOC1CCCN(c2cnnc(Cl)c2)C1. The molecule has 0 aliphatic carbocycles. The number of ether oxygens (including phenoxy) is 1. The van der Waals surface area contributed by atoms with Crippen LogP contribution in [-0.4, -0.2) is 36.0 Å². The third kappa shape index (κ3) is 2.83. The van der Waals surface area contributed by atoms with Gasteiger partial charge in [0.2, 0.25) is 0 Å². The maximum absolute atomic E-state index is 5.83. The number of halogens is 1. The van der Waals surface area contributed by atoms with Gasteiger partial charge in [-0.1, -0.05) is 11.6 Å². The Hall–Kier alpha value is -0.870. The van der Waals surface area contributed by atoms with Crippen LogP contribution in [0.3, 0.4) is 0 Å². The van der Waals surface area contributed by atoms with Crippen molar-refractivity contribution in [3.8, 4) is 0 Å². The van der Waals surface area contributed by atoms with Gasteiger partial charge in [0.05, 0.1) is 18.0 Å². The fourth-order valence-corrected chi connectivity index (χ4v) is 2.20. The first kappa shape index (κ1) is 11.6. The summed E-state index contributed by atoms with van der Waals surface area (Å²) in [6.45, 7) is 4.75.